The van der Waals surface area contributed by atoms with Gasteiger partial charge in [-0.25, -0.2) is 0 Å². The molecule has 667 valence electrons. The van der Waals surface area contributed by atoms with Crippen LogP contribution in [0.2, 0.25) is 0 Å². The molecule has 3 aromatic heterocycles. The van der Waals surface area contributed by atoms with Crippen LogP contribution in [0.5, 0.6) is 0 Å². The molecule has 0 atom stereocenters. The summed E-state index contributed by atoms with van der Waals surface area (Å²) in [5.74, 6) is 0. The van der Waals surface area contributed by atoms with Gasteiger partial charge in [-0.3, -0.25) is 0 Å². The SMILES string of the molecule is CC1(C)c2cc3c(cc2-c2c1ccc1ccccc21)C(C)(C)c1cc2ccc4cccc5ccc(c1-3)c2c45.Cc1cccnc1-c1[c-]cccc1.[2H][B].[Ir].c1ccc(-c2c3ccccc3c(-c3cccc4c3ccc3cc5ccccc5cc34)c3ccccc23)cc1.c1ccc(-c2ccc3c4ccccc4n(-c4ccc(-c5ccc(-n6c7ccccc7c7ccc(-c8ccccc8)cc76)cc5)cc4)c3c2)cc1. The average molecular weight is 1980 g/mol. The van der Waals surface area contributed by atoms with Crippen LogP contribution in [0.4, 0.5) is 0 Å². The second-order valence-electron chi connectivity index (χ2n) is 38.6. The quantitative estimate of drug-likeness (QED) is 0.0643. The van der Waals surface area contributed by atoms with Crippen molar-refractivity contribution in [3.05, 3.63) is 513 Å². The van der Waals surface area contributed by atoms with Crippen LogP contribution in [-0.2, 0) is 30.9 Å². The molecule has 0 amide bonds. The van der Waals surface area contributed by atoms with E-state index in [4.69, 9.17) is 1.34 Å². The summed E-state index contributed by atoms with van der Waals surface area (Å²) in [7, 11) is 3.75. The van der Waals surface area contributed by atoms with Crippen molar-refractivity contribution in [1.29, 1.82) is 1.34 Å². The number of aromatic nitrogens is 3. The van der Waals surface area contributed by atoms with Crippen LogP contribution in [-0.4, -0.2) is 23.8 Å². The van der Waals surface area contributed by atoms with Gasteiger partial charge in [0.15, 0.2) is 0 Å². The van der Waals surface area contributed by atoms with Crippen LogP contribution < -0.4 is 0 Å². The van der Waals surface area contributed by atoms with Gasteiger partial charge in [-0.15, -0.1) is 35.9 Å². The predicted octanol–water partition coefficient (Wildman–Crippen LogP) is 36.2. The summed E-state index contributed by atoms with van der Waals surface area (Å²) < 4.78 is 10.0. The number of fused-ring (bicyclic) bond motifs is 21. The van der Waals surface area contributed by atoms with E-state index in [9.17, 15) is 0 Å². The third kappa shape index (κ3) is 14.5. The van der Waals surface area contributed by atoms with E-state index < -0.39 is 0 Å². The summed E-state index contributed by atoms with van der Waals surface area (Å²) in [6.07, 6.45) is 1.81. The van der Waals surface area contributed by atoms with Crippen LogP contribution in [0.3, 0.4) is 0 Å². The zero-order valence-corrected chi connectivity index (χ0v) is 81.3. The van der Waals surface area contributed by atoms with Gasteiger partial charge in [-0.2, -0.15) is 0 Å². The molecule has 2 aliphatic rings. The third-order valence-electron chi connectivity index (χ3n) is 30.1. The van der Waals surface area contributed by atoms with Gasteiger partial charge in [0.05, 0.1) is 22.1 Å². The molecule has 0 bridgehead atoms. The molecular weight excluding hydrogens is 1880 g/mol. The van der Waals surface area contributed by atoms with Crippen molar-refractivity contribution in [1.82, 2.24) is 14.1 Å². The molecular formula is C136H95BIrN3-. The average Bonchev–Trinajstić information content (AvgIpc) is 1.75. The number of pyridine rings is 1. The first kappa shape index (κ1) is 86.0. The van der Waals surface area contributed by atoms with Crippen molar-refractivity contribution in [3.63, 3.8) is 0 Å². The van der Waals surface area contributed by atoms with Crippen molar-refractivity contribution < 1.29 is 20.1 Å². The van der Waals surface area contributed by atoms with E-state index in [1.165, 1.54) is 246 Å². The van der Waals surface area contributed by atoms with Gasteiger partial charge in [-0.1, -0.05) is 397 Å². The molecule has 29 rings (SSSR count). The van der Waals surface area contributed by atoms with Crippen LogP contribution in [0.25, 0.3) is 241 Å². The Morgan fingerprint density at radius 2 is 0.660 bits per heavy atom. The molecule has 0 saturated heterocycles. The molecule has 3 heterocycles. The topological polar surface area (TPSA) is 22.8 Å². The molecule has 0 N–H and O–H groups in total. The standard InChI is InChI=1S/C48H32N2.C38H28.C38H24.C12H10N.BH.Ir/c1-3-11-33(12-4-1)37-23-29-43-41-15-7-9-17-45(41)49(47(43)31-37)39-25-19-35(20-26-39)36-21-27-40(28-22-36)50-46-18-10-8-16-42(46)44-30-24-38(32-48(44)50)34-13-5-2-6-14-34;1-37(2)29-17-15-21-8-5-6-11-25(21)35(29)27-19-31-28(20-30(27)37)36-26-16-14-23-10-7-9-22-12-13-24(34(26)33(22)23)18-32(36)38(31,3)4;1-2-11-25(12-3-1)37-32-15-6-8-17-34(32)38(35-18-9-7-16-33(35)37)31-20-10-19-29-30(31)22-21-28-23-26-13-4-5-14-27(26)24-36(28)29;1-10-6-5-9-13-12(10)11-7-3-2-4-8-11;;/h1-32H;5-20H,1-4H3;1-24H;2-7,9H,1H3;1H;/q;;;-1;;/i;;;;1D;. The Hall–Kier alpha value is -16.7. The molecule has 0 fully saturated rings. The molecule has 3 radical (unpaired) electrons. The van der Waals surface area contributed by atoms with E-state index in [2.05, 4.69) is 506 Å². The minimum atomic E-state index is -0.0678. The van der Waals surface area contributed by atoms with Crippen LogP contribution in [0.15, 0.2) is 479 Å². The summed E-state index contributed by atoms with van der Waals surface area (Å²) in [4.78, 5) is 4.32. The number of aryl methyl sites for hydroxylation is 1. The smallest absolute Gasteiger partial charge is 0.0547 e. The fourth-order valence-corrected chi connectivity index (χ4v) is 23.4. The number of nitrogens with zero attached hydrogens (tertiary/aromatic N) is 3. The second-order valence-corrected chi connectivity index (χ2v) is 38.6. The Balaban J connectivity index is 0.000000108. The van der Waals surface area contributed by atoms with Gasteiger partial charge in [0.25, 0.3) is 0 Å². The second kappa shape index (κ2) is 35.1. The molecule has 5 heteroatoms. The molecule has 27 aromatic rings. The molecule has 0 unspecified atom stereocenters. The molecule has 3 nitrogen and oxygen atoms in total. The van der Waals surface area contributed by atoms with Gasteiger partial charge >= 0.3 is 0 Å². The van der Waals surface area contributed by atoms with Crippen molar-refractivity contribution in [3.8, 4) is 101 Å². The Labute approximate surface area is 837 Å². The first-order valence-corrected chi connectivity index (χ1v) is 48.4. The van der Waals surface area contributed by atoms with Crippen molar-refractivity contribution in [2.45, 2.75) is 45.4 Å². The fourth-order valence-electron chi connectivity index (χ4n) is 23.4. The van der Waals surface area contributed by atoms with E-state index in [1.807, 2.05) is 36.5 Å². The van der Waals surface area contributed by atoms with Crippen LogP contribution >= 0.6 is 0 Å². The summed E-state index contributed by atoms with van der Waals surface area (Å²) in [6.45, 7) is 11.7. The Bertz CT molecular complexity index is 9350. The van der Waals surface area contributed by atoms with Crippen molar-refractivity contribution >= 4 is 149 Å². The van der Waals surface area contributed by atoms with Crippen LogP contribution in [0.1, 0.15) is 55.5 Å². The molecule has 141 heavy (non-hydrogen) atoms. The molecule has 0 saturated carbocycles. The summed E-state index contributed by atoms with van der Waals surface area (Å²) in [5.41, 5.74) is 34.3. The Kier molecular flexibility index (Phi) is 21.4. The van der Waals surface area contributed by atoms with E-state index in [1.54, 1.807) is 0 Å². The van der Waals surface area contributed by atoms with Gasteiger partial charge in [0.2, 0.25) is 0 Å². The normalized spacial score (nSPS) is 12.6. The number of hydrogen-bond acceptors (Lipinski definition) is 1. The fraction of sp³-hybridized carbons (Fsp3) is 0.0515. The van der Waals surface area contributed by atoms with Crippen LogP contribution in [0, 0.1) is 13.0 Å². The van der Waals surface area contributed by atoms with E-state index >= 15 is 0 Å². The number of para-hydroxylation sites is 2. The predicted molar refractivity (Wildman–Crippen MR) is 599 cm³/mol. The first-order valence-electron chi connectivity index (χ1n) is 49.0. The van der Waals surface area contributed by atoms with E-state index in [0.29, 0.717) is 0 Å². The zero-order valence-electron chi connectivity index (χ0n) is 79.9. The first-order chi connectivity index (χ1) is 69.4. The molecule has 2 aliphatic carbocycles. The van der Waals surface area contributed by atoms with Gasteiger partial charge in [0, 0.05) is 78.4 Å². The van der Waals surface area contributed by atoms with E-state index in [-0.39, 0.29) is 30.9 Å². The molecule has 0 aliphatic heterocycles. The Morgan fingerprint density at radius 1 is 0.241 bits per heavy atom. The minimum absolute atomic E-state index is 0. The summed E-state index contributed by atoms with van der Waals surface area (Å²) in [5, 5.41) is 28.9. The summed E-state index contributed by atoms with van der Waals surface area (Å²) >= 11 is 0. The van der Waals surface area contributed by atoms with Gasteiger partial charge in [-0.05, 0) is 296 Å². The minimum Gasteiger partial charge on any atom is -0.309 e. The zero-order chi connectivity index (χ0) is 94.7. The third-order valence-corrected chi connectivity index (χ3v) is 30.1. The monoisotopic (exact) mass is 1970 g/mol. The Morgan fingerprint density at radius 3 is 1.23 bits per heavy atom. The van der Waals surface area contributed by atoms with Crippen molar-refractivity contribution in [2.75, 3.05) is 0 Å². The number of hydrogen-bond donors (Lipinski definition) is 0. The number of benzene rings is 24. The maximum absolute atomic E-state index is 5.25. The van der Waals surface area contributed by atoms with E-state index in [0.717, 1.165) is 22.6 Å². The maximum atomic E-state index is 5.25. The van der Waals surface area contributed by atoms with Crippen molar-refractivity contribution in [2.24, 2.45) is 0 Å². The molecule has 24 aromatic carbocycles. The maximum Gasteiger partial charge on any atom is 0.0547 e. The largest absolute Gasteiger partial charge is 0.309 e. The molecule has 0 spiro atoms. The summed E-state index contributed by atoms with van der Waals surface area (Å²) in [6, 6.07) is 176. The van der Waals surface area contributed by atoms with Gasteiger partial charge < -0.3 is 14.1 Å². The number of rotatable bonds is 8. The van der Waals surface area contributed by atoms with Gasteiger partial charge in [0.1, 0.15) is 0 Å².